The number of nitrogens with one attached hydrogen (secondary N) is 2. The average molecular weight is 328 g/mol. The maximum absolute atomic E-state index is 11.3. The fraction of sp³-hybridized carbons (Fsp3) is 0.316. The van der Waals surface area contributed by atoms with E-state index in [1.807, 2.05) is 31.2 Å². The molecule has 0 bridgehead atoms. The van der Waals surface area contributed by atoms with Crippen LogP contribution >= 0.6 is 0 Å². The van der Waals surface area contributed by atoms with Gasteiger partial charge in [-0.25, -0.2) is 4.79 Å². The number of rotatable bonds is 7. The van der Waals surface area contributed by atoms with Gasteiger partial charge >= 0.3 is 6.09 Å². The molecule has 0 saturated carbocycles. The van der Waals surface area contributed by atoms with Crippen molar-refractivity contribution in [3.05, 3.63) is 65.2 Å². The van der Waals surface area contributed by atoms with Crippen LogP contribution in [0.2, 0.25) is 0 Å². The predicted molar refractivity (Wildman–Crippen MR) is 95.1 cm³/mol. The van der Waals surface area contributed by atoms with Crippen molar-refractivity contribution in [1.29, 1.82) is 0 Å². The second-order valence-corrected chi connectivity index (χ2v) is 5.59. The first-order valence-corrected chi connectivity index (χ1v) is 7.87. The number of ether oxygens (including phenoxy) is 2. The summed E-state index contributed by atoms with van der Waals surface area (Å²) in [5.74, 6) is 0. The summed E-state index contributed by atoms with van der Waals surface area (Å²) < 4.78 is 9.68. The fourth-order valence-corrected chi connectivity index (χ4v) is 2.47. The van der Waals surface area contributed by atoms with E-state index >= 15 is 0 Å². The molecule has 2 aromatic carbocycles. The van der Waals surface area contributed by atoms with E-state index in [0.717, 1.165) is 17.7 Å². The minimum absolute atomic E-state index is 0.105. The molecule has 0 saturated heterocycles. The van der Waals surface area contributed by atoms with E-state index in [2.05, 4.69) is 39.6 Å². The van der Waals surface area contributed by atoms with E-state index < -0.39 is 6.09 Å². The predicted octanol–water partition coefficient (Wildman–Crippen LogP) is 3.71. The summed E-state index contributed by atoms with van der Waals surface area (Å²) >= 11 is 0. The largest absolute Gasteiger partial charge is 0.453 e. The van der Waals surface area contributed by atoms with Crippen molar-refractivity contribution in [3.8, 4) is 0 Å². The van der Waals surface area contributed by atoms with Crippen LogP contribution in [0, 0.1) is 0 Å². The highest BCUT2D eigenvalue weighted by atomic mass is 16.5. The summed E-state index contributed by atoms with van der Waals surface area (Å²) in [5, 5.41) is 5.98. The average Bonchev–Trinajstić information content (AvgIpc) is 2.60. The van der Waals surface area contributed by atoms with Crippen LogP contribution in [0.5, 0.6) is 0 Å². The number of hydrogen-bond acceptors (Lipinski definition) is 4. The zero-order valence-corrected chi connectivity index (χ0v) is 14.3. The van der Waals surface area contributed by atoms with Crippen molar-refractivity contribution >= 4 is 11.8 Å². The Morgan fingerprint density at radius 1 is 1.08 bits per heavy atom. The van der Waals surface area contributed by atoms with Gasteiger partial charge in [0, 0.05) is 12.8 Å². The minimum Gasteiger partial charge on any atom is -0.453 e. The third-order valence-electron chi connectivity index (χ3n) is 3.73. The van der Waals surface area contributed by atoms with Crippen LogP contribution in [-0.2, 0) is 15.9 Å². The Bertz CT molecular complexity index is 673. The molecule has 24 heavy (non-hydrogen) atoms. The number of anilines is 1. The molecule has 5 heteroatoms. The van der Waals surface area contributed by atoms with Crippen molar-refractivity contribution in [1.82, 2.24) is 5.32 Å². The van der Waals surface area contributed by atoms with Gasteiger partial charge in [-0.05, 0) is 42.2 Å². The quantitative estimate of drug-likeness (QED) is 0.761. The summed E-state index contributed by atoms with van der Waals surface area (Å²) in [6.07, 6.45) is 0.395. The van der Waals surface area contributed by atoms with Crippen LogP contribution in [0.15, 0.2) is 48.5 Å². The lowest BCUT2D eigenvalue weighted by Gasteiger charge is -2.14. The molecule has 0 aliphatic heterocycles. The monoisotopic (exact) mass is 328 g/mol. The van der Waals surface area contributed by atoms with E-state index in [-0.39, 0.29) is 6.04 Å². The number of amides is 1. The number of hydrogen-bond donors (Lipinski definition) is 2. The molecule has 2 N–H and O–H groups in total. The van der Waals surface area contributed by atoms with E-state index in [1.54, 1.807) is 7.11 Å². The standard InChI is InChI=1S/C19H24N2O3/c1-14(21-19(22)24-3)17-8-4-6-15(11-17)10-16-7-5-9-18(12-16)20-13-23-2/h4-9,11-12,14,20H,10,13H2,1-3H3,(H,21,22)/t14-/m0/s1. The number of carbonyl (C=O) groups excluding carboxylic acids is 1. The van der Waals surface area contributed by atoms with Crippen molar-refractivity contribution in [2.24, 2.45) is 0 Å². The van der Waals surface area contributed by atoms with E-state index in [9.17, 15) is 4.79 Å². The van der Waals surface area contributed by atoms with Gasteiger partial charge in [0.15, 0.2) is 0 Å². The summed E-state index contributed by atoms with van der Waals surface area (Å²) in [5.41, 5.74) is 4.48. The SMILES string of the molecule is COCNc1cccc(Cc2cccc([C@H](C)NC(=O)OC)c2)c1. The molecule has 1 atom stereocenters. The minimum atomic E-state index is -0.426. The van der Waals surface area contributed by atoms with Gasteiger partial charge in [0.05, 0.1) is 13.2 Å². The Hall–Kier alpha value is -2.53. The van der Waals surface area contributed by atoms with Crippen LogP contribution in [0.1, 0.15) is 29.7 Å². The lowest BCUT2D eigenvalue weighted by molar-refractivity contribution is 0.167. The normalized spacial score (nSPS) is 11.6. The molecule has 5 nitrogen and oxygen atoms in total. The van der Waals surface area contributed by atoms with Crippen molar-refractivity contribution < 1.29 is 14.3 Å². The Morgan fingerprint density at radius 3 is 2.50 bits per heavy atom. The zero-order valence-electron chi connectivity index (χ0n) is 14.3. The summed E-state index contributed by atoms with van der Waals surface area (Å²) in [7, 11) is 3.02. The van der Waals surface area contributed by atoms with Gasteiger partial charge in [-0.2, -0.15) is 0 Å². The first-order valence-electron chi connectivity index (χ1n) is 7.87. The molecule has 0 aliphatic carbocycles. The first-order chi connectivity index (χ1) is 11.6. The van der Waals surface area contributed by atoms with Crippen LogP contribution in [-0.4, -0.2) is 27.0 Å². The summed E-state index contributed by atoms with van der Waals surface area (Å²) in [6, 6.07) is 16.3. The van der Waals surface area contributed by atoms with Gasteiger partial charge < -0.3 is 20.1 Å². The maximum Gasteiger partial charge on any atom is 0.407 e. The Kier molecular flexibility index (Phi) is 6.63. The Labute approximate surface area is 143 Å². The van der Waals surface area contributed by atoms with Crippen molar-refractivity contribution in [2.75, 3.05) is 26.3 Å². The molecular weight excluding hydrogens is 304 g/mol. The molecule has 0 aromatic heterocycles. The van der Waals surface area contributed by atoms with Gasteiger partial charge in [0.1, 0.15) is 6.73 Å². The number of methoxy groups -OCH3 is 2. The topological polar surface area (TPSA) is 59.6 Å². The molecule has 0 heterocycles. The van der Waals surface area contributed by atoms with Crippen LogP contribution in [0.3, 0.4) is 0 Å². The lowest BCUT2D eigenvalue weighted by atomic mass is 10.00. The molecule has 0 unspecified atom stereocenters. The van der Waals surface area contributed by atoms with Crippen molar-refractivity contribution in [2.45, 2.75) is 19.4 Å². The maximum atomic E-state index is 11.3. The number of alkyl carbamates (subject to hydrolysis) is 1. The molecule has 2 rings (SSSR count). The van der Waals surface area contributed by atoms with Gasteiger partial charge in [-0.1, -0.05) is 36.4 Å². The molecule has 128 valence electrons. The third-order valence-corrected chi connectivity index (χ3v) is 3.73. The van der Waals surface area contributed by atoms with Gasteiger partial charge in [-0.3, -0.25) is 0 Å². The molecule has 0 aliphatic rings. The van der Waals surface area contributed by atoms with Gasteiger partial charge in [0.2, 0.25) is 0 Å². The number of carbonyl (C=O) groups is 1. The highest BCUT2D eigenvalue weighted by Crippen LogP contribution is 2.18. The van der Waals surface area contributed by atoms with Crippen molar-refractivity contribution in [3.63, 3.8) is 0 Å². The van der Waals surface area contributed by atoms with Crippen LogP contribution < -0.4 is 10.6 Å². The highest BCUT2D eigenvalue weighted by molar-refractivity contribution is 5.67. The molecule has 0 fully saturated rings. The van der Waals surface area contributed by atoms with E-state index in [4.69, 9.17) is 4.74 Å². The molecule has 0 radical (unpaired) electrons. The number of benzene rings is 2. The van der Waals surface area contributed by atoms with Crippen LogP contribution in [0.4, 0.5) is 10.5 Å². The Morgan fingerprint density at radius 2 is 1.79 bits per heavy atom. The van der Waals surface area contributed by atoms with Gasteiger partial charge in [0.25, 0.3) is 0 Å². The zero-order chi connectivity index (χ0) is 17.4. The Balaban J connectivity index is 2.07. The van der Waals surface area contributed by atoms with E-state index in [0.29, 0.717) is 6.73 Å². The summed E-state index contributed by atoms with van der Waals surface area (Å²) in [6.45, 7) is 2.42. The molecule has 0 spiro atoms. The molecule has 2 aromatic rings. The first kappa shape index (κ1) is 17.8. The lowest BCUT2D eigenvalue weighted by Crippen LogP contribution is -2.26. The molecule has 1 amide bonds. The van der Waals surface area contributed by atoms with Crippen LogP contribution in [0.25, 0.3) is 0 Å². The fourth-order valence-electron chi connectivity index (χ4n) is 2.47. The van der Waals surface area contributed by atoms with Gasteiger partial charge in [-0.15, -0.1) is 0 Å². The third kappa shape index (κ3) is 5.28. The second kappa shape index (κ2) is 8.93. The second-order valence-electron chi connectivity index (χ2n) is 5.59. The van der Waals surface area contributed by atoms with E-state index in [1.165, 1.54) is 18.2 Å². The highest BCUT2D eigenvalue weighted by Gasteiger charge is 2.10. The smallest absolute Gasteiger partial charge is 0.407 e. The molecular formula is C19H24N2O3. The summed E-state index contributed by atoms with van der Waals surface area (Å²) in [4.78, 5) is 11.3.